The van der Waals surface area contributed by atoms with Crippen LogP contribution in [0.25, 0.3) is 97.1 Å². The Morgan fingerprint density at radius 1 is 0.396 bits per heavy atom. The van der Waals surface area contributed by atoms with Crippen LogP contribution in [0.3, 0.4) is 0 Å². The van der Waals surface area contributed by atoms with Gasteiger partial charge in [-0.05, 0) is 93.3 Å². The molecule has 4 heteroatoms. The lowest BCUT2D eigenvalue weighted by atomic mass is 10.0. The number of nitrogens with zero attached hydrogens (tertiary/aromatic N) is 2. The quantitative estimate of drug-likeness (QED) is 0.181. The summed E-state index contributed by atoms with van der Waals surface area (Å²) in [6, 6.07) is 53.8. The number of para-hydroxylation sites is 2. The van der Waals surface area contributed by atoms with Crippen molar-refractivity contribution in [2.75, 3.05) is 0 Å². The Hall–Kier alpha value is -5.68. The molecule has 0 aliphatic carbocycles. The number of rotatable bonds is 3. The summed E-state index contributed by atoms with van der Waals surface area (Å²) in [5, 5.41) is 14.9. The first-order chi connectivity index (χ1) is 23.8. The Morgan fingerprint density at radius 3 is 1.75 bits per heavy atom. The maximum Gasteiger partial charge on any atom is 0.0634 e. The van der Waals surface area contributed by atoms with Crippen molar-refractivity contribution in [2.24, 2.45) is 0 Å². The second kappa shape index (κ2) is 9.91. The molecule has 0 N–H and O–H groups in total. The van der Waals surface area contributed by atoms with Gasteiger partial charge in [0.2, 0.25) is 0 Å². The van der Waals surface area contributed by atoms with E-state index in [1.54, 1.807) is 11.3 Å². The summed E-state index contributed by atoms with van der Waals surface area (Å²) in [5.41, 5.74) is 9.77. The van der Waals surface area contributed by atoms with E-state index in [0.29, 0.717) is 0 Å². The van der Waals surface area contributed by atoms with Crippen LogP contribution >= 0.6 is 22.7 Å². The lowest BCUT2D eigenvalue weighted by Crippen LogP contribution is -1.95. The Kier molecular flexibility index (Phi) is 5.45. The fourth-order valence-corrected chi connectivity index (χ4v) is 9.72. The highest BCUT2D eigenvalue weighted by molar-refractivity contribution is 7.18. The van der Waals surface area contributed by atoms with Gasteiger partial charge in [-0.3, -0.25) is 0 Å². The van der Waals surface area contributed by atoms with Gasteiger partial charge in [0.25, 0.3) is 0 Å². The molecule has 0 saturated heterocycles. The molecule has 11 aromatic rings. The predicted octanol–water partition coefficient (Wildman–Crippen LogP) is 13.1. The van der Waals surface area contributed by atoms with E-state index in [1.807, 2.05) is 11.3 Å². The van der Waals surface area contributed by atoms with E-state index >= 15 is 0 Å². The third kappa shape index (κ3) is 3.61. The first-order valence-corrected chi connectivity index (χ1v) is 18.0. The zero-order valence-electron chi connectivity index (χ0n) is 25.7. The highest BCUT2D eigenvalue weighted by Gasteiger charge is 2.19. The molecule has 0 fully saturated rings. The molecule has 0 spiro atoms. The topological polar surface area (TPSA) is 9.86 Å². The second-order valence-electron chi connectivity index (χ2n) is 12.6. The number of fused-ring (bicyclic) bond motifs is 12. The minimum absolute atomic E-state index is 1.17. The van der Waals surface area contributed by atoms with Gasteiger partial charge in [0.15, 0.2) is 0 Å². The molecule has 2 nitrogen and oxygen atoms in total. The molecular formula is C44H26N2S2. The first-order valence-electron chi connectivity index (χ1n) is 16.2. The summed E-state index contributed by atoms with van der Waals surface area (Å²) in [5.74, 6) is 0. The van der Waals surface area contributed by atoms with Gasteiger partial charge in [-0.25, -0.2) is 0 Å². The van der Waals surface area contributed by atoms with Gasteiger partial charge in [-0.1, -0.05) is 84.9 Å². The molecule has 48 heavy (non-hydrogen) atoms. The first kappa shape index (κ1) is 26.4. The van der Waals surface area contributed by atoms with Gasteiger partial charge < -0.3 is 9.13 Å². The Balaban J connectivity index is 1.05. The number of thiophene rings is 2. The molecule has 0 aliphatic rings. The normalized spacial score (nSPS) is 12.2. The van der Waals surface area contributed by atoms with Crippen LogP contribution in [0, 0.1) is 0 Å². The SMILES string of the molecule is c1ccc2c(c1)c1ccsc1c1c3ccccc3n(-c3ccc(-c4ccc(-n5c6ccccc6c6cc7sccc7cc65)cc4)cc3)c21. The van der Waals surface area contributed by atoms with Crippen molar-refractivity contribution >= 4 is 97.2 Å². The number of hydrogen-bond acceptors (Lipinski definition) is 2. The Labute approximate surface area is 283 Å². The predicted molar refractivity (Wildman–Crippen MR) is 209 cm³/mol. The Morgan fingerprint density at radius 2 is 1.00 bits per heavy atom. The molecule has 0 atom stereocenters. The van der Waals surface area contributed by atoms with Crippen LogP contribution in [0.5, 0.6) is 0 Å². The van der Waals surface area contributed by atoms with Crippen molar-refractivity contribution in [2.45, 2.75) is 0 Å². The summed E-state index contributed by atoms with van der Waals surface area (Å²) in [4.78, 5) is 0. The van der Waals surface area contributed by atoms with Crippen molar-refractivity contribution in [3.8, 4) is 22.5 Å². The van der Waals surface area contributed by atoms with E-state index in [4.69, 9.17) is 0 Å². The van der Waals surface area contributed by atoms with Gasteiger partial charge in [-0.2, -0.15) is 0 Å². The van der Waals surface area contributed by atoms with Crippen LogP contribution in [0.2, 0.25) is 0 Å². The fourth-order valence-electron chi connectivity index (χ4n) is 7.94. The number of hydrogen-bond donors (Lipinski definition) is 0. The summed E-state index contributed by atoms with van der Waals surface area (Å²) in [6.45, 7) is 0. The van der Waals surface area contributed by atoms with E-state index in [1.165, 1.54) is 97.1 Å². The molecule has 0 amide bonds. The molecule has 7 aromatic carbocycles. The van der Waals surface area contributed by atoms with Crippen molar-refractivity contribution < 1.29 is 0 Å². The molecule has 0 aliphatic heterocycles. The smallest absolute Gasteiger partial charge is 0.0634 e. The largest absolute Gasteiger partial charge is 0.309 e. The van der Waals surface area contributed by atoms with E-state index in [9.17, 15) is 0 Å². The minimum Gasteiger partial charge on any atom is -0.309 e. The lowest BCUT2D eigenvalue weighted by molar-refractivity contribution is 1.18. The number of benzene rings is 7. The maximum atomic E-state index is 2.46. The van der Waals surface area contributed by atoms with Gasteiger partial charge in [0.1, 0.15) is 0 Å². The van der Waals surface area contributed by atoms with Crippen LogP contribution in [-0.4, -0.2) is 9.13 Å². The van der Waals surface area contributed by atoms with Crippen LogP contribution in [-0.2, 0) is 0 Å². The molecule has 224 valence electrons. The average molecular weight is 647 g/mol. The molecule has 0 bridgehead atoms. The zero-order valence-corrected chi connectivity index (χ0v) is 27.4. The van der Waals surface area contributed by atoms with Gasteiger partial charge in [-0.15, -0.1) is 22.7 Å². The number of aromatic nitrogens is 2. The summed E-state index contributed by atoms with van der Waals surface area (Å²) >= 11 is 3.65. The van der Waals surface area contributed by atoms with Gasteiger partial charge >= 0.3 is 0 Å². The molecular weight excluding hydrogens is 621 g/mol. The van der Waals surface area contributed by atoms with Crippen LogP contribution in [0.4, 0.5) is 0 Å². The van der Waals surface area contributed by atoms with E-state index < -0.39 is 0 Å². The highest BCUT2D eigenvalue weighted by atomic mass is 32.1. The maximum absolute atomic E-state index is 2.46. The average Bonchev–Trinajstić information content (AvgIpc) is 3.94. The molecule has 0 unspecified atom stereocenters. The summed E-state index contributed by atoms with van der Waals surface area (Å²) in [7, 11) is 0. The lowest BCUT2D eigenvalue weighted by Gasteiger charge is -2.12. The van der Waals surface area contributed by atoms with E-state index in [0.717, 1.165) is 0 Å². The third-order valence-corrected chi connectivity index (χ3v) is 11.9. The van der Waals surface area contributed by atoms with Crippen LogP contribution in [0.15, 0.2) is 156 Å². The second-order valence-corrected chi connectivity index (χ2v) is 14.4. The van der Waals surface area contributed by atoms with E-state index in [-0.39, 0.29) is 0 Å². The summed E-state index contributed by atoms with van der Waals surface area (Å²) in [6.07, 6.45) is 0. The zero-order chi connectivity index (χ0) is 31.3. The molecule has 11 rings (SSSR count). The molecule has 4 heterocycles. The van der Waals surface area contributed by atoms with Crippen molar-refractivity contribution in [1.82, 2.24) is 9.13 Å². The van der Waals surface area contributed by atoms with E-state index in [2.05, 4.69) is 165 Å². The minimum atomic E-state index is 1.17. The standard InChI is InChI=1S/C44H26N2S2/c1-2-9-34-32(7-1)35-22-24-48-44(35)42-36-10-4-6-12-39(36)46(43(34)42)31-19-15-28(16-20-31)27-13-17-30(18-14-27)45-38-11-5-3-8-33(38)37-26-41-29(21-23-47-41)25-40(37)45/h1-26H. The van der Waals surface area contributed by atoms with Gasteiger partial charge in [0.05, 0.1) is 22.1 Å². The van der Waals surface area contributed by atoms with Crippen molar-refractivity contribution in [3.05, 3.63) is 156 Å². The third-order valence-electron chi connectivity index (χ3n) is 10.1. The van der Waals surface area contributed by atoms with Gasteiger partial charge in [0, 0.05) is 53.1 Å². The molecule has 0 saturated carbocycles. The summed E-state index contributed by atoms with van der Waals surface area (Å²) < 4.78 is 7.56. The molecule has 0 radical (unpaired) electrons. The van der Waals surface area contributed by atoms with Crippen molar-refractivity contribution in [3.63, 3.8) is 0 Å². The fraction of sp³-hybridized carbons (Fsp3) is 0. The van der Waals surface area contributed by atoms with Crippen LogP contribution < -0.4 is 0 Å². The van der Waals surface area contributed by atoms with Crippen molar-refractivity contribution in [1.29, 1.82) is 0 Å². The van der Waals surface area contributed by atoms with Crippen LogP contribution in [0.1, 0.15) is 0 Å². The Bertz CT molecular complexity index is 3040. The highest BCUT2D eigenvalue weighted by Crippen LogP contribution is 2.44. The molecule has 4 aromatic heterocycles. The monoisotopic (exact) mass is 646 g/mol.